The molecule has 2 aromatic heterocycles. The van der Waals surface area contributed by atoms with Gasteiger partial charge in [0.25, 0.3) is 0 Å². The van der Waals surface area contributed by atoms with E-state index in [1.165, 1.54) is 11.1 Å². The molecule has 0 spiro atoms. The smallest absolute Gasteiger partial charge is 0.121 e. The summed E-state index contributed by atoms with van der Waals surface area (Å²) in [6.45, 7) is 4.68. The van der Waals surface area contributed by atoms with Crippen molar-refractivity contribution in [3.05, 3.63) is 54.2 Å². The largest absolute Gasteiger partial charge is 0.381 e. The molecular formula is C22H23N5O. The van der Waals surface area contributed by atoms with Crippen LogP contribution in [-0.2, 0) is 11.3 Å². The van der Waals surface area contributed by atoms with Crippen LogP contribution < -0.4 is 0 Å². The predicted octanol–water partition coefficient (Wildman–Crippen LogP) is 4.22. The maximum Gasteiger partial charge on any atom is 0.121 e. The van der Waals surface area contributed by atoms with Gasteiger partial charge in [-0.05, 0) is 43.4 Å². The Labute approximate surface area is 163 Å². The lowest BCUT2D eigenvalue weighted by Gasteiger charge is -2.22. The number of benzene rings is 2. The Hall–Kier alpha value is -2.99. The summed E-state index contributed by atoms with van der Waals surface area (Å²) in [6.07, 6.45) is 3.99. The lowest BCUT2D eigenvalue weighted by Crippen LogP contribution is -2.21. The van der Waals surface area contributed by atoms with Crippen LogP contribution in [0.4, 0.5) is 0 Å². The van der Waals surface area contributed by atoms with E-state index < -0.39 is 0 Å². The number of fused-ring (bicyclic) bond motifs is 1. The predicted molar refractivity (Wildman–Crippen MR) is 109 cm³/mol. The van der Waals surface area contributed by atoms with Crippen LogP contribution in [0.15, 0.2) is 48.7 Å². The van der Waals surface area contributed by atoms with Crippen molar-refractivity contribution in [2.24, 2.45) is 5.92 Å². The van der Waals surface area contributed by atoms with Crippen LogP contribution in [0.5, 0.6) is 0 Å². The van der Waals surface area contributed by atoms with Crippen LogP contribution >= 0.6 is 0 Å². The summed E-state index contributed by atoms with van der Waals surface area (Å²) in [7, 11) is 0. The minimum absolute atomic E-state index is 0.572. The molecule has 0 saturated carbocycles. The fourth-order valence-corrected chi connectivity index (χ4v) is 4.00. The minimum Gasteiger partial charge on any atom is -0.381 e. The van der Waals surface area contributed by atoms with Gasteiger partial charge >= 0.3 is 0 Å². The van der Waals surface area contributed by atoms with Crippen LogP contribution in [0.25, 0.3) is 33.4 Å². The molecule has 6 heteroatoms. The average molecular weight is 373 g/mol. The third kappa shape index (κ3) is 3.10. The van der Waals surface area contributed by atoms with Crippen molar-refractivity contribution in [3.8, 4) is 22.5 Å². The highest BCUT2D eigenvalue weighted by Crippen LogP contribution is 2.34. The maximum atomic E-state index is 5.53. The summed E-state index contributed by atoms with van der Waals surface area (Å²) in [4.78, 5) is 0. The molecule has 6 nitrogen and oxygen atoms in total. The molecule has 0 atom stereocenters. The summed E-state index contributed by atoms with van der Waals surface area (Å²) in [5, 5.41) is 17.4. The summed E-state index contributed by atoms with van der Waals surface area (Å²) in [5.41, 5.74) is 6.50. The number of nitrogens with zero attached hydrogens (tertiary/aromatic N) is 4. The van der Waals surface area contributed by atoms with E-state index in [4.69, 9.17) is 4.74 Å². The number of rotatable bonds is 4. The second-order valence-electron chi connectivity index (χ2n) is 7.51. The van der Waals surface area contributed by atoms with E-state index in [2.05, 4.69) is 74.6 Å². The van der Waals surface area contributed by atoms with E-state index in [1.54, 1.807) is 0 Å². The molecule has 1 saturated heterocycles. The first kappa shape index (κ1) is 17.1. The fraction of sp³-hybridized carbons (Fsp3) is 0.318. The Morgan fingerprint density at radius 2 is 2.00 bits per heavy atom. The number of aromatic amines is 1. The van der Waals surface area contributed by atoms with Crippen molar-refractivity contribution in [1.82, 2.24) is 25.2 Å². The van der Waals surface area contributed by atoms with Crippen molar-refractivity contribution in [2.75, 3.05) is 13.2 Å². The van der Waals surface area contributed by atoms with Crippen LogP contribution in [0.1, 0.15) is 18.4 Å². The van der Waals surface area contributed by atoms with E-state index in [0.717, 1.165) is 60.5 Å². The normalized spacial score (nSPS) is 15.3. The maximum absolute atomic E-state index is 5.53. The minimum atomic E-state index is 0.572. The van der Waals surface area contributed by atoms with Gasteiger partial charge in [-0.25, -0.2) is 4.68 Å². The fourth-order valence-electron chi connectivity index (χ4n) is 4.00. The molecule has 4 aromatic rings. The Morgan fingerprint density at radius 3 is 2.86 bits per heavy atom. The topological polar surface area (TPSA) is 68.6 Å². The van der Waals surface area contributed by atoms with Crippen molar-refractivity contribution in [3.63, 3.8) is 0 Å². The van der Waals surface area contributed by atoms with Gasteiger partial charge in [0, 0.05) is 36.3 Å². The van der Waals surface area contributed by atoms with Gasteiger partial charge in [0.05, 0.1) is 17.4 Å². The Kier molecular flexibility index (Phi) is 4.41. The van der Waals surface area contributed by atoms with E-state index in [1.807, 2.05) is 6.20 Å². The van der Waals surface area contributed by atoms with Gasteiger partial charge in [-0.15, -0.1) is 5.10 Å². The highest BCUT2D eigenvalue weighted by atomic mass is 16.5. The molecule has 1 N–H and O–H groups in total. The van der Waals surface area contributed by atoms with Crippen molar-refractivity contribution < 1.29 is 4.74 Å². The van der Waals surface area contributed by atoms with E-state index >= 15 is 0 Å². The Balaban J connectivity index is 1.63. The quantitative estimate of drug-likeness (QED) is 0.581. The molecular weight excluding hydrogens is 350 g/mol. The van der Waals surface area contributed by atoms with E-state index in [0.29, 0.717) is 5.92 Å². The molecule has 1 fully saturated rings. The number of aryl methyl sites for hydroxylation is 1. The molecule has 3 heterocycles. The number of hydrogen-bond acceptors (Lipinski definition) is 4. The molecule has 1 aliphatic heterocycles. The van der Waals surface area contributed by atoms with E-state index in [9.17, 15) is 0 Å². The molecule has 0 unspecified atom stereocenters. The molecule has 0 radical (unpaired) electrons. The number of aromatic nitrogens is 5. The zero-order chi connectivity index (χ0) is 18.9. The first-order chi connectivity index (χ1) is 13.8. The zero-order valence-electron chi connectivity index (χ0n) is 15.9. The van der Waals surface area contributed by atoms with Crippen molar-refractivity contribution >= 4 is 10.9 Å². The van der Waals surface area contributed by atoms with E-state index in [-0.39, 0.29) is 0 Å². The van der Waals surface area contributed by atoms with Gasteiger partial charge in [-0.2, -0.15) is 5.10 Å². The number of nitrogens with one attached hydrogen (secondary N) is 1. The highest BCUT2D eigenvalue weighted by molar-refractivity contribution is 5.87. The van der Waals surface area contributed by atoms with Crippen LogP contribution in [0.3, 0.4) is 0 Å². The summed E-state index contributed by atoms with van der Waals surface area (Å²) in [5.74, 6) is 0.572. The van der Waals surface area contributed by atoms with Crippen LogP contribution in [0, 0.1) is 12.8 Å². The Bertz CT molecular complexity index is 1110. The van der Waals surface area contributed by atoms with Gasteiger partial charge in [0.2, 0.25) is 0 Å². The second-order valence-corrected chi connectivity index (χ2v) is 7.51. The van der Waals surface area contributed by atoms with Crippen molar-refractivity contribution in [2.45, 2.75) is 26.3 Å². The summed E-state index contributed by atoms with van der Waals surface area (Å²) < 4.78 is 7.62. The van der Waals surface area contributed by atoms with Crippen LogP contribution in [-0.4, -0.2) is 38.4 Å². The SMILES string of the molecule is Cc1ccccc1-c1c(-c2ccc3[nH]ncc3c2)nnn1CC1CCOCC1. The zero-order valence-corrected chi connectivity index (χ0v) is 15.9. The third-order valence-electron chi connectivity index (χ3n) is 5.62. The van der Waals surface area contributed by atoms with Crippen LogP contribution in [0.2, 0.25) is 0 Å². The molecule has 1 aliphatic rings. The monoisotopic (exact) mass is 373 g/mol. The molecule has 28 heavy (non-hydrogen) atoms. The Morgan fingerprint density at radius 1 is 1.14 bits per heavy atom. The molecule has 0 amide bonds. The lowest BCUT2D eigenvalue weighted by atomic mass is 9.98. The van der Waals surface area contributed by atoms with Gasteiger partial charge in [0.1, 0.15) is 5.69 Å². The second kappa shape index (κ2) is 7.20. The molecule has 142 valence electrons. The van der Waals surface area contributed by atoms with Gasteiger partial charge < -0.3 is 4.74 Å². The molecule has 0 bridgehead atoms. The average Bonchev–Trinajstić information content (AvgIpc) is 3.35. The third-order valence-corrected chi connectivity index (χ3v) is 5.62. The standard InChI is InChI=1S/C22H23N5O/c1-15-4-2-3-5-19(15)22-21(17-6-7-20-18(12-17)13-23-24-20)25-26-27(22)14-16-8-10-28-11-9-16/h2-7,12-13,16H,8-11,14H2,1H3,(H,23,24). The van der Waals surface area contributed by atoms with Crippen molar-refractivity contribution in [1.29, 1.82) is 0 Å². The molecule has 0 aliphatic carbocycles. The molecule has 5 rings (SSSR count). The highest BCUT2D eigenvalue weighted by Gasteiger charge is 2.22. The summed E-state index contributed by atoms with van der Waals surface area (Å²) in [6, 6.07) is 14.7. The molecule has 2 aromatic carbocycles. The summed E-state index contributed by atoms with van der Waals surface area (Å²) >= 11 is 0. The van der Waals surface area contributed by atoms with Gasteiger partial charge in [0.15, 0.2) is 0 Å². The van der Waals surface area contributed by atoms with Gasteiger partial charge in [-0.3, -0.25) is 5.10 Å². The number of hydrogen-bond donors (Lipinski definition) is 1. The first-order valence-corrected chi connectivity index (χ1v) is 9.80. The van der Waals surface area contributed by atoms with Gasteiger partial charge in [-0.1, -0.05) is 35.5 Å². The first-order valence-electron chi connectivity index (χ1n) is 9.80. The lowest BCUT2D eigenvalue weighted by molar-refractivity contribution is 0.0601. The number of H-pyrrole nitrogens is 1. The number of ether oxygens (including phenoxy) is 1.